The number of rotatable bonds is 5. The van der Waals surface area contributed by atoms with E-state index in [4.69, 9.17) is 4.74 Å². The molecule has 0 saturated heterocycles. The molecule has 2 aromatic carbocycles. The number of ether oxygens (including phenoxy) is 1. The Balaban J connectivity index is 1.94. The third kappa shape index (κ3) is 4.10. The van der Waals surface area contributed by atoms with Crippen LogP contribution in [0.5, 0.6) is 5.75 Å². The molecule has 0 radical (unpaired) electrons. The van der Waals surface area contributed by atoms with Gasteiger partial charge in [-0.05, 0) is 30.0 Å². The molecule has 0 unspecified atom stereocenters. The lowest BCUT2D eigenvalue weighted by molar-refractivity contribution is -0.110. The summed E-state index contributed by atoms with van der Waals surface area (Å²) in [6, 6.07) is 13.8. The fourth-order valence-electron chi connectivity index (χ4n) is 1.72. The van der Waals surface area contributed by atoms with E-state index < -0.39 is 0 Å². The number of carbonyl (C=O) groups excluding carboxylic acids is 1. The fraction of sp³-hybridized carbons (Fsp3) is 0.188. The number of carbonyl (C=O) groups is 1. The van der Waals surface area contributed by atoms with E-state index in [0.29, 0.717) is 17.7 Å². The van der Waals surface area contributed by atoms with Gasteiger partial charge in [0.2, 0.25) is 0 Å². The standard InChI is InChI=1S/C16H15FO2S/c1-20-16(18)10-12-6-8-14(9-7-12)19-11-13-4-2-3-5-15(13)17/h2-9H,10-11H2,1H3. The normalized spacial score (nSPS) is 10.3. The summed E-state index contributed by atoms with van der Waals surface area (Å²) < 4.78 is 18.9. The first-order valence-electron chi connectivity index (χ1n) is 6.21. The minimum atomic E-state index is -0.269. The average Bonchev–Trinajstić information content (AvgIpc) is 2.48. The average molecular weight is 290 g/mol. The highest BCUT2D eigenvalue weighted by Crippen LogP contribution is 2.16. The quantitative estimate of drug-likeness (QED) is 0.837. The smallest absolute Gasteiger partial charge is 0.193 e. The van der Waals surface area contributed by atoms with Gasteiger partial charge in [-0.15, -0.1) is 0 Å². The molecular formula is C16H15FO2S. The number of halogens is 1. The van der Waals surface area contributed by atoms with E-state index in [1.54, 1.807) is 36.6 Å². The monoisotopic (exact) mass is 290 g/mol. The van der Waals surface area contributed by atoms with Gasteiger partial charge in [0.05, 0.1) is 0 Å². The van der Waals surface area contributed by atoms with Gasteiger partial charge in [0.15, 0.2) is 5.12 Å². The molecule has 0 aliphatic heterocycles. The van der Waals surface area contributed by atoms with E-state index in [0.717, 1.165) is 5.56 Å². The molecule has 0 saturated carbocycles. The van der Waals surface area contributed by atoms with Crippen LogP contribution in [0.4, 0.5) is 4.39 Å². The van der Waals surface area contributed by atoms with E-state index in [1.165, 1.54) is 17.8 Å². The van der Waals surface area contributed by atoms with E-state index in [1.807, 2.05) is 12.1 Å². The van der Waals surface area contributed by atoms with Crippen LogP contribution in [-0.2, 0) is 17.8 Å². The summed E-state index contributed by atoms with van der Waals surface area (Å²) in [6.07, 6.45) is 2.18. The summed E-state index contributed by atoms with van der Waals surface area (Å²) in [7, 11) is 0. The van der Waals surface area contributed by atoms with Gasteiger partial charge in [-0.2, -0.15) is 0 Å². The van der Waals surface area contributed by atoms with Crippen LogP contribution in [0.1, 0.15) is 11.1 Å². The molecule has 0 aliphatic carbocycles. The van der Waals surface area contributed by atoms with Crippen LogP contribution < -0.4 is 4.74 Å². The zero-order chi connectivity index (χ0) is 14.4. The van der Waals surface area contributed by atoms with E-state index in [-0.39, 0.29) is 17.5 Å². The zero-order valence-electron chi connectivity index (χ0n) is 11.1. The molecule has 0 heterocycles. The highest BCUT2D eigenvalue weighted by molar-refractivity contribution is 8.13. The van der Waals surface area contributed by atoms with Gasteiger partial charge in [-0.1, -0.05) is 42.1 Å². The SMILES string of the molecule is CSC(=O)Cc1ccc(OCc2ccccc2F)cc1. The second-order valence-corrected chi connectivity index (χ2v) is 5.14. The molecule has 0 amide bonds. The second kappa shape index (κ2) is 7.10. The summed E-state index contributed by atoms with van der Waals surface area (Å²) in [5.74, 6) is 0.392. The van der Waals surface area contributed by atoms with Gasteiger partial charge in [0, 0.05) is 12.0 Å². The second-order valence-electron chi connectivity index (χ2n) is 4.28. The molecule has 2 nitrogen and oxygen atoms in total. The lowest BCUT2D eigenvalue weighted by Crippen LogP contribution is -1.99. The van der Waals surface area contributed by atoms with Crippen LogP contribution in [0.15, 0.2) is 48.5 Å². The Hall–Kier alpha value is -1.81. The first kappa shape index (κ1) is 14.6. The van der Waals surface area contributed by atoms with Gasteiger partial charge in [0.1, 0.15) is 18.2 Å². The largest absolute Gasteiger partial charge is 0.489 e. The number of benzene rings is 2. The van der Waals surface area contributed by atoms with Crippen molar-refractivity contribution in [3.05, 3.63) is 65.5 Å². The lowest BCUT2D eigenvalue weighted by atomic mass is 10.1. The Morgan fingerprint density at radius 1 is 1.15 bits per heavy atom. The summed E-state index contributed by atoms with van der Waals surface area (Å²) in [6.45, 7) is 0.190. The molecular weight excluding hydrogens is 275 g/mol. The molecule has 0 aliphatic rings. The maximum absolute atomic E-state index is 13.4. The maximum atomic E-state index is 13.4. The van der Waals surface area contributed by atoms with Crippen molar-refractivity contribution in [2.24, 2.45) is 0 Å². The molecule has 0 spiro atoms. The van der Waals surface area contributed by atoms with E-state index >= 15 is 0 Å². The number of thioether (sulfide) groups is 1. The third-order valence-corrected chi connectivity index (χ3v) is 3.45. The minimum absolute atomic E-state index is 0.130. The Bertz CT molecular complexity index is 581. The van der Waals surface area contributed by atoms with Crippen LogP contribution in [-0.4, -0.2) is 11.4 Å². The Kier molecular flexibility index (Phi) is 5.18. The van der Waals surface area contributed by atoms with Gasteiger partial charge in [-0.3, -0.25) is 4.79 Å². The molecule has 0 bridgehead atoms. The summed E-state index contributed by atoms with van der Waals surface area (Å²) in [5, 5.41) is 0.130. The van der Waals surface area contributed by atoms with Crippen molar-refractivity contribution < 1.29 is 13.9 Å². The van der Waals surface area contributed by atoms with Crippen LogP contribution in [0.3, 0.4) is 0 Å². The first-order chi connectivity index (χ1) is 9.69. The highest BCUT2D eigenvalue weighted by Gasteiger charge is 2.04. The summed E-state index contributed by atoms with van der Waals surface area (Å²) in [5.41, 5.74) is 1.47. The van der Waals surface area contributed by atoms with Gasteiger partial charge >= 0.3 is 0 Å². The lowest BCUT2D eigenvalue weighted by Gasteiger charge is -2.07. The van der Waals surface area contributed by atoms with Crippen LogP contribution in [0, 0.1) is 5.82 Å². The highest BCUT2D eigenvalue weighted by atomic mass is 32.2. The topological polar surface area (TPSA) is 26.3 Å². The minimum Gasteiger partial charge on any atom is -0.489 e. The molecule has 0 N–H and O–H groups in total. The first-order valence-corrected chi connectivity index (χ1v) is 7.43. The van der Waals surface area contributed by atoms with Crippen molar-refractivity contribution in [2.45, 2.75) is 13.0 Å². The zero-order valence-corrected chi connectivity index (χ0v) is 12.0. The molecule has 0 fully saturated rings. The molecule has 2 aromatic rings. The fourth-order valence-corrected chi connectivity index (χ4v) is 2.03. The van der Waals surface area contributed by atoms with Crippen molar-refractivity contribution in [1.29, 1.82) is 0 Å². The van der Waals surface area contributed by atoms with Crippen molar-refractivity contribution in [3.63, 3.8) is 0 Å². The molecule has 4 heteroatoms. The van der Waals surface area contributed by atoms with Crippen molar-refractivity contribution in [1.82, 2.24) is 0 Å². The Labute approximate surface area is 122 Å². The number of hydrogen-bond donors (Lipinski definition) is 0. The summed E-state index contributed by atoms with van der Waals surface area (Å²) in [4.78, 5) is 11.3. The number of hydrogen-bond acceptors (Lipinski definition) is 3. The predicted octanol–water partition coefficient (Wildman–Crippen LogP) is 3.84. The Morgan fingerprint density at radius 2 is 1.85 bits per heavy atom. The Morgan fingerprint density at radius 3 is 2.50 bits per heavy atom. The molecule has 0 atom stereocenters. The predicted molar refractivity (Wildman–Crippen MR) is 79.4 cm³/mol. The van der Waals surface area contributed by atoms with E-state index in [2.05, 4.69) is 0 Å². The maximum Gasteiger partial charge on any atom is 0.193 e. The van der Waals surface area contributed by atoms with Crippen LogP contribution in [0.2, 0.25) is 0 Å². The van der Waals surface area contributed by atoms with Crippen LogP contribution in [0.25, 0.3) is 0 Å². The van der Waals surface area contributed by atoms with E-state index in [9.17, 15) is 9.18 Å². The van der Waals surface area contributed by atoms with Crippen LogP contribution >= 0.6 is 11.8 Å². The molecule has 104 valence electrons. The van der Waals surface area contributed by atoms with Crippen molar-refractivity contribution >= 4 is 16.9 Å². The molecule has 2 rings (SSSR count). The molecule has 20 heavy (non-hydrogen) atoms. The summed E-state index contributed by atoms with van der Waals surface area (Å²) >= 11 is 1.22. The van der Waals surface area contributed by atoms with Crippen molar-refractivity contribution in [3.8, 4) is 5.75 Å². The third-order valence-electron chi connectivity index (χ3n) is 2.85. The van der Waals surface area contributed by atoms with Gasteiger partial charge in [-0.25, -0.2) is 4.39 Å². The van der Waals surface area contributed by atoms with Crippen molar-refractivity contribution in [2.75, 3.05) is 6.26 Å². The van der Waals surface area contributed by atoms with Gasteiger partial charge in [0.25, 0.3) is 0 Å². The molecule has 0 aromatic heterocycles. The van der Waals surface area contributed by atoms with Gasteiger partial charge < -0.3 is 4.74 Å².